The van der Waals surface area contributed by atoms with E-state index in [1.54, 1.807) is 17.6 Å². The summed E-state index contributed by atoms with van der Waals surface area (Å²) in [5.41, 5.74) is 3.49. The third-order valence-corrected chi connectivity index (χ3v) is 3.50. The summed E-state index contributed by atoms with van der Waals surface area (Å²) in [6.45, 7) is 1.86. The van der Waals surface area contributed by atoms with Crippen LogP contribution in [0.5, 0.6) is 0 Å². The number of oxazole rings is 1. The molecular formula is C12H8N2O3S. The van der Waals surface area contributed by atoms with Crippen LogP contribution in [-0.2, 0) is 0 Å². The summed E-state index contributed by atoms with van der Waals surface area (Å²) in [7, 11) is 0. The number of nitrogens with zero attached hydrogens (tertiary/aromatic N) is 2. The molecule has 0 amide bonds. The Morgan fingerprint density at radius 2 is 2.28 bits per heavy atom. The van der Waals surface area contributed by atoms with E-state index in [2.05, 4.69) is 9.97 Å². The quantitative estimate of drug-likeness (QED) is 0.766. The number of aromatic nitrogens is 2. The lowest BCUT2D eigenvalue weighted by Crippen LogP contribution is -1.95. The lowest BCUT2D eigenvalue weighted by Gasteiger charge is -1.93. The fraction of sp³-hybridized carbons (Fsp3) is 0.0833. The van der Waals surface area contributed by atoms with Crippen LogP contribution in [0.25, 0.3) is 21.9 Å². The second-order valence-corrected chi connectivity index (χ2v) is 4.60. The summed E-state index contributed by atoms with van der Waals surface area (Å²) in [5.74, 6) is -0.608. The molecular weight excluding hydrogens is 252 g/mol. The fourth-order valence-corrected chi connectivity index (χ4v) is 2.45. The van der Waals surface area contributed by atoms with Crippen molar-refractivity contribution in [2.24, 2.45) is 0 Å². The lowest BCUT2D eigenvalue weighted by molar-refractivity contribution is 0.0698. The molecule has 3 rings (SSSR count). The van der Waals surface area contributed by atoms with Crippen LogP contribution >= 0.6 is 11.3 Å². The van der Waals surface area contributed by atoms with E-state index in [-0.39, 0.29) is 5.56 Å². The van der Waals surface area contributed by atoms with Crippen molar-refractivity contribution in [1.82, 2.24) is 9.97 Å². The first-order valence-electron chi connectivity index (χ1n) is 5.20. The molecule has 18 heavy (non-hydrogen) atoms. The molecule has 1 aromatic carbocycles. The molecule has 1 N–H and O–H groups in total. The monoisotopic (exact) mass is 260 g/mol. The molecule has 0 saturated carbocycles. The first-order valence-corrected chi connectivity index (χ1v) is 6.08. The van der Waals surface area contributed by atoms with Crippen molar-refractivity contribution in [2.45, 2.75) is 6.92 Å². The van der Waals surface area contributed by atoms with Crippen LogP contribution < -0.4 is 0 Å². The first-order chi connectivity index (χ1) is 8.66. The molecule has 0 aliphatic carbocycles. The Bertz CT molecular complexity index is 745. The van der Waals surface area contributed by atoms with Crippen molar-refractivity contribution in [3.8, 4) is 10.8 Å². The molecule has 3 aromatic rings. The maximum atomic E-state index is 11.1. The van der Waals surface area contributed by atoms with Crippen LogP contribution in [-0.4, -0.2) is 21.0 Å². The van der Waals surface area contributed by atoms with Gasteiger partial charge in [0.05, 0.1) is 11.2 Å². The number of fused-ring (bicyclic) bond motifs is 1. The molecule has 0 spiro atoms. The molecule has 5 nitrogen and oxygen atoms in total. The summed E-state index contributed by atoms with van der Waals surface area (Å²) in [6.07, 6.45) is 0. The highest BCUT2D eigenvalue weighted by Crippen LogP contribution is 2.30. The van der Waals surface area contributed by atoms with Crippen LogP contribution in [0.4, 0.5) is 0 Å². The molecule has 0 unspecified atom stereocenters. The van der Waals surface area contributed by atoms with Gasteiger partial charge in [0.25, 0.3) is 0 Å². The van der Waals surface area contributed by atoms with E-state index in [1.807, 2.05) is 6.92 Å². The van der Waals surface area contributed by atoms with Gasteiger partial charge in [0, 0.05) is 0 Å². The van der Waals surface area contributed by atoms with E-state index < -0.39 is 5.97 Å². The Kier molecular flexibility index (Phi) is 2.38. The topological polar surface area (TPSA) is 76.2 Å². The van der Waals surface area contributed by atoms with Gasteiger partial charge in [-0.1, -0.05) is 6.07 Å². The molecule has 0 aliphatic rings. The normalized spacial score (nSPS) is 10.9. The number of thiazole rings is 1. The van der Waals surface area contributed by atoms with E-state index in [4.69, 9.17) is 9.52 Å². The van der Waals surface area contributed by atoms with Crippen molar-refractivity contribution < 1.29 is 14.3 Å². The summed E-state index contributed by atoms with van der Waals surface area (Å²) in [6, 6.07) is 4.88. The van der Waals surface area contributed by atoms with E-state index in [0.29, 0.717) is 17.0 Å². The van der Waals surface area contributed by atoms with Gasteiger partial charge in [0.15, 0.2) is 5.58 Å². The second-order valence-electron chi connectivity index (χ2n) is 3.74. The molecule has 2 heterocycles. The number of carboxylic acid groups (broad SMARTS) is 1. The zero-order valence-electron chi connectivity index (χ0n) is 9.38. The fourth-order valence-electron chi connectivity index (χ4n) is 1.72. The summed E-state index contributed by atoms with van der Waals surface area (Å²) < 4.78 is 5.56. The van der Waals surface area contributed by atoms with Crippen LogP contribution in [0, 0.1) is 6.92 Å². The third-order valence-electron chi connectivity index (χ3n) is 2.59. The second kappa shape index (κ2) is 3.92. The number of aryl methyl sites for hydroxylation is 1. The zero-order valence-corrected chi connectivity index (χ0v) is 10.2. The Morgan fingerprint density at radius 1 is 1.44 bits per heavy atom. The summed E-state index contributed by atoms with van der Waals surface area (Å²) in [5, 5.41) is 9.08. The molecule has 6 heteroatoms. The highest BCUT2D eigenvalue weighted by Gasteiger charge is 2.17. The standard InChI is InChI=1S/C12H8N2O3S/c1-6-10(18-5-13-6)11-14-8-4-2-3-7(12(15)16)9(8)17-11/h2-5H,1H3,(H,15,16). The van der Waals surface area contributed by atoms with Gasteiger partial charge in [-0.3, -0.25) is 0 Å². The molecule has 0 aliphatic heterocycles. The van der Waals surface area contributed by atoms with Crippen molar-refractivity contribution in [1.29, 1.82) is 0 Å². The van der Waals surface area contributed by atoms with Gasteiger partial charge in [-0.15, -0.1) is 11.3 Å². The minimum absolute atomic E-state index is 0.119. The molecule has 0 atom stereocenters. The van der Waals surface area contributed by atoms with Gasteiger partial charge in [-0.2, -0.15) is 0 Å². The van der Waals surface area contributed by atoms with Crippen molar-refractivity contribution in [3.05, 3.63) is 35.0 Å². The van der Waals surface area contributed by atoms with Gasteiger partial charge in [0.2, 0.25) is 5.89 Å². The number of hydrogen-bond acceptors (Lipinski definition) is 5. The van der Waals surface area contributed by atoms with Crippen molar-refractivity contribution >= 4 is 28.4 Å². The first kappa shape index (κ1) is 10.9. The molecule has 0 fully saturated rings. The van der Waals surface area contributed by atoms with Crippen LogP contribution in [0.1, 0.15) is 16.1 Å². The lowest BCUT2D eigenvalue weighted by atomic mass is 10.2. The predicted octanol–water partition coefficient (Wildman–Crippen LogP) is 2.96. The zero-order chi connectivity index (χ0) is 12.7. The minimum atomic E-state index is -1.02. The van der Waals surface area contributed by atoms with Crippen LogP contribution in [0.3, 0.4) is 0 Å². The number of carbonyl (C=O) groups is 1. The average molecular weight is 260 g/mol. The highest BCUT2D eigenvalue weighted by atomic mass is 32.1. The summed E-state index contributed by atoms with van der Waals surface area (Å²) in [4.78, 5) is 20.3. The Labute approximate surface area is 106 Å². The summed E-state index contributed by atoms with van der Waals surface area (Å²) >= 11 is 1.42. The maximum absolute atomic E-state index is 11.1. The number of para-hydroxylation sites is 1. The smallest absolute Gasteiger partial charge is 0.339 e. The molecule has 2 aromatic heterocycles. The Hall–Kier alpha value is -2.21. The Morgan fingerprint density at radius 3 is 2.94 bits per heavy atom. The molecule has 0 saturated heterocycles. The number of benzene rings is 1. The van der Waals surface area contributed by atoms with Crippen LogP contribution in [0.2, 0.25) is 0 Å². The van der Waals surface area contributed by atoms with Gasteiger partial charge in [-0.05, 0) is 19.1 Å². The maximum Gasteiger partial charge on any atom is 0.339 e. The Balaban J connectivity index is 2.26. The third kappa shape index (κ3) is 1.58. The van der Waals surface area contributed by atoms with E-state index in [9.17, 15) is 4.79 Å². The predicted molar refractivity (Wildman–Crippen MR) is 66.8 cm³/mol. The van der Waals surface area contributed by atoms with Crippen LogP contribution in [0.15, 0.2) is 28.1 Å². The van der Waals surface area contributed by atoms with Gasteiger partial charge in [0.1, 0.15) is 16.0 Å². The van der Waals surface area contributed by atoms with E-state index >= 15 is 0 Å². The minimum Gasteiger partial charge on any atom is -0.478 e. The average Bonchev–Trinajstić information content (AvgIpc) is 2.92. The SMILES string of the molecule is Cc1ncsc1-c1nc2cccc(C(=O)O)c2o1. The van der Waals surface area contributed by atoms with E-state index in [0.717, 1.165) is 10.6 Å². The van der Waals surface area contributed by atoms with Crippen molar-refractivity contribution in [2.75, 3.05) is 0 Å². The largest absolute Gasteiger partial charge is 0.478 e. The molecule has 0 radical (unpaired) electrons. The van der Waals surface area contributed by atoms with Gasteiger partial charge < -0.3 is 9.52 Å². The van der Waals surface area contributed by atoms with E-state index in [1.165, 1.54) is 17.4 Å². The number of rotatable bonds is 2. The molecule has 90 valence electrons. The number of aromatic carboxylic acids is 1. The van der Waals surface area contributed by atoms with Gasteiger partial charge >= 0.3 is 5.97 Å². The van der Waals surface area contributed by atoms with Crippen molar-refractivity contribution in [3.63, 3.8) is 0 Å². The number of hydrogen-bond donors (Lipinski definition) is 1. The highest BCUT2D eigenvalue weighted by molar-refractivity contribution is 7.13. The molecule has 0 bridgehead atoms. The number of carboxylic acids is 1. The van der Waals surface area contributed by atoms with Gasteiger partial charge in [-0.25, -0.2) is 14.8 Å².